The molecule has 0 spiro atoms. The Labute approximate surface area is 165 Å². The van der Waals surface area contributed by atoms with E-state index in [0.29, 0.717) is 6.61 Å². The maximum atomic E-state index is 6.04. The third kappa shape index (κ3) is 5.10. The Balaban J connectivity index is 1.67. The molecule has 0 bridgehead atoms. The van der Waals surface area contributed by atoms with E-state index < -0.39 is 0 Å². The van der Waals surface area contributed by atoms with Gasteiger partial charge in [0.05, 0.1) is 0 Å². The molecular weight excluding hydrogens is 442 g/mol. The third-order valence-corrected chi connectivity index (χ3v) is 4.96. The maximum Gasteiger partial charge on any atom is 0.124 e. The highest BCUT2D eigenvalue weighted by molar-refractivity contribution is 9.10. The van der Waals surface area contributed by atoms with Crippen molar-refractivity contribution in [2.45, 2.75) is 20.1 Å². The van der Waals surface area contributed by atoms with Crippen LogP contribution in [0.25, 0.3) is 0 Å². The standard InChI is InChI=1S/C21H19Br2NO/c1-15-12-19(23)10-11-20(15)24-13-17-4-2-3-5-21(17)25-14-16-6-8-18(22)9-7-16/h2-12,24H,13-14H2,1H3. The largest absolute Gasteiger partial charge is 0.489 e. The Kier molecular flexibility index (Phi) is 6.16. The summed E-state index contributed by atoms with van der Waals surface area (Å²) in [6, 6.07) is 22.6. The van der Waals surface area contributed by atoms with Gasteiger partial charge < -0.3 is 10.1 Å². The Morgan fingerprint density at radius 1 is 0.880 bits per heavy atom. The fourth-order valence-electron chi connectivity index (χ4n) is 2.55. The highest BCUT2D eigenvalue weighted by atomic mass is 79.9. The van der Waals surface area contributed by atoms with E-state index in [1.165, 1.54) is 5.56 Å². The molecule has 0 aliphatic heterocycles. The van der Waals surface area contributed by atoms with E-state index in [1.54, 1.807) is 0 Å². The van der Waals surface area contributed by atoms with Gasteiger partial charge in [-0.15, -0.1) is 0 Å². The fraction of sp³-hybridized carbons (Fsp3) is 0.143. The number of hydrogen-bond donors (Lipinski definition) is 1. The predicted octanol–water partition coefficient (Wildman–Crippen LogP) is 6.71. The van der Waals surface area contributed by atoms with E-state index in [0.717, 1.165) is 38.1 Å². The molecule has 0 fully saturated rings. The first-order chi connectivity index (χ1) is 12.1. The predicted molar refractivity (Wildman–Crippen MR) is 111 cm³/mol. The van der Waals surface area contributed by atoms with Crippen LogP contribution in [0.4, 0.5) is 5.69 Å². The van der Waals surface area contributed by atoms with Crippen LogP contribution in [0.5, 0.6) is 5.75 Å². The summed E-state index contributed by atoms with van der Waals surface area (Å²) in [5.74, 6) is 0.910. The lowest BCUT2D eigenvalue weighted by Crippen LogP contribution is -2.04. The molecule has 0 heterocycles. The second-order valence-electron chi connectivity index (χ2n) is 5.84. The third-order valence-electron chi connectivity index (χ3n) is 3.94. The van der Waals surface area contributed by atoms with E-state index in [4.69, 9.17) is 4.74 Å². The lowest BCUT2D eigenvalue weighted by atomic mass is 10.1. The number of ether oxygens (including phenoxy) is 1. The lowest BCUT2D eigenvalue weighted by molar-refractivity contribution is 0.303. The molecule has 2 nitrogen and oxygen atoms in total. The average molecular weight is 461 g/mol. The van der Waals surface area contributed by atoms with Gasteiger partial charge in [0.2, 0.25) is 0 Å². The molecule has 3 aromatic rings. The number of hydrogen-bond acceptors (Lipinski definition) is 2. The molecule has 128 valence electrons. The van der Waals surface area contributed by atoms with Crippen LogP contribution in [-0.2, 0) is 13.2 Å². The van der Waals surface area contributed by atoms with Crippen molar-refractivity contribution in [1.82, 2.24) is 0 Å². The van der Waals surface area contributed by atoms with Crippen LogP contribution in [0.15, 0.2) is 75.7 Å². The molecule has 0 saturated carbocycles. The van der Waals surface area contributed by atoms with Crippen LogP contribution in [-0.4, -0.2) is 0 Å². The van der Waals surface area contributed by atoms with Gasteiger partial charge in [-0.3, -0.25) is 0 Å². The summed E-state index contributed by atoms with van der Waals surface area (Å²) in [5, 5.41) is 3.50. The van der Waals surface area contributed by atoms with Crippen LogP contribution in [0.1, 0.15) is 16.7 Å². The topological polar surface area (TPSA) is 21.3 Å². The minimum Gasteiger partial charge on any atom is -0.489 e. The summed E-state index contributed by atoms with van der Waals surface area (Å²) in [6.45, 7) is 3.38. The summed E-state index contributed by atoms with van der Waals surface area (Å²) >= 11 is 6.95. The molecule has 4 heteroatoms. The zero-order chi connectivity index (χ0) is 17.6. The number of halogens is 2. The van der Waals surface area contributed by atoms with Gasteiger partial charge in [0.15, 0.2) is 0 Å². The second-order valence-corrected chi connectivity index (χ2v) is 7.67. The molecule has 0 aromatic heterocycles. The van der Waals surface area contributed by atoms with Crippen LogP contribution in [0.2, 0.25) is 0 Å². The van der Waals surface area contributed by atoms with Gasteiger partial charge in [-0.25, -0.2) is 0 Å². The van der Waals surface area contributed by atoms with Crippen LogP contribution >= 0.6 is 31.9 Å². The van der Waals surface area contributed by atoms with E-state index in [-0.39, 0.29) is 0 Å². The lowest BCUT2D eigenvalue weighted by Gasteiger charge is -2.14. The van der Waals surface area contributed by atoms with Crippen molar-refractivity contribution in [3.63, 3.8) is 0 Å². The normalized spacial score (nSPS) is 10.5. The first-order valence-corrected chi connectivity index (χ1v) is 9.65. The maximum absolute atomic E-state index is 6.04. The molecule has 3 aromatic carbocycles. The first kappa shape index (κ1) is 18.0. The summed E-state index contributed by atoms with van der Waals surface area (Å²) in [5.41, 5.74) is 4.63. The molecule has 0 saturated heterocycles. The number of nitrogens with one attached hydrogen (secondary N) is 1. The number of rotatable bonds is 6. The van der Waals surface area contributed by atoms with Crippen molar-refractivity contribution in [1.29, 1.82) is 0 Å². The molecule has 0 radical (unpaired) electrons. The molecule has 3 rings (SSSR count). The smallest absolute Gasteiger partial charge is 0.124 e. The summed E-state index contributed by atoms with van der Waals surface area (Å²) in [7, 11) is 0. The zero-order valence-electron chi connectivity index (χ0n) is 13.9. The Hall–Kier alpha value is -1.78. The van der Waals surface area contributed by atoms with Crippen molar-refractivity contribution in [3.8, 4) is 5.75 Å². The van der Waals surface area contributed by atoms with Crippen molar-refractivity contribution in [2.75, 3.05) is 5.32 Å². The molecular formula is C21H19Br2NO. The van der Waals surface area contributed by atoms with Gasteiger partial charge in [-0.05, 0) is 54.4 Å². The molecule has 0 unspecified atom stereocenters. The van der Waals surface area contributed by atoms with Gasteiger partial charge in [-0.1, -0.05) is 62.2 Å². The van der Waals surface area contributed by atoms with E-state index in [2.05, 4.69) is 74.4 Å². The summed E-state index contributed by atoms with van der Waals surface area (Å²) in [6.07, 6.45) is 0. The molecule has 0 aliphatic rings. The number of aryl methyl sites for hydroxylation is 1. The minimum atomic E-state index is 0.557. The van der Waals surface area contributed by atoms with Gasteiger partial charge in [0, 0.05) is 26.7 Å². The van der Waals surface area contributed by atoms with Crippen molar-refractivity contribution in [3.05, 3.63) is 92.4 Å². The van der Waals surface area contributed by atoms with Crippen molar-refractivity contribution in [2.24, 2.45) is 0 Å². The minimum absolute atomic E-state index is 0.557. The molecule has 0 aliphatic carbocycles. The molecule has 1 N–H and O–H groups in total. The Bertz CT molecular complexity index is 847. The van der Waals surface area contributed by atoms with Crippen molar-refractivity contribution < 1.29 is 4.74 Å². The Morgan fingerprint density at radius 3 is 2.36 bits per heavy atom. The molecule has 25 heavy (non-hydrogen) atoms. The average Bonchev–Trinajstić information content (AvgIpc) is 2.61. The van der Waals surface area contributed by atoms with E-state index in [1.807, 2.05) is 36.4 Å². The van der Waals surface area contributed by atoms with Crippen LogP contribution in [0, 0.1) is 6.92 Å². The second kappa shape index (κ2) is 8.54. The fourth-order valence-corrected chi connectivity index (χ4v) is 3.29. The number of para-hydroxylation sites is 1. The van der Waals surface area contributed by atoms with Crippen LogP contribution < -0.4 is 10.1 Å². The highest BCUT2D eigenvalue weighted by Crippen LogP contribution is 2.24. The quantitative estimate of drug-likeness (QED) is 0.441. The monoisotopic (exact) mass is 459 g/mol. The first-order valence-electron chi connectivity index (χ1n) is 8.07. The van der Waals surface area contributed by atoms with Gasteiger partial charge in [0.1, 0.15) is 12.4 Å². The van der Waals surface area contributed by atoms with E-state index in [9.17, 15) is 0 Å². The van der Waals surface area contributed by atoms with E-state index >= 15 is 0 Å². The van der Waals surface area contributed by atoms with Crippen LogP contribution in [0.3, 0.4) is 0 Å². The summed E-state index contributed by atoms with van der Waals surface area (Å²) < 4.78 is 8.20. The summed E-state index contributed by atoms with van der Waals surface area (Å²) in [4.78, 5) is 0. The number of benzene rings is 3. The highest BCUT2D eigenvalue weighted by Gasteiger charge is 2.05. The van der Waals surface area contributed by atoms with Gasteiger partial charge in [0.25, 0.3) is 0 Å². The van der Waals surface area contributed by atoms with Gasteiger partial charge >= 0.3 is 0 Å². The zero-order valence-corrected chi connectivity index (χ0v) is 17.1. The molecule has 0 atom stereocenters. The van der Waals surface area contributed by atoms with Crippen molar-refractivity contribution >= 4 is 37.5 Å². The number of anilines is 1. The SMILES string of the molecule is Cc1cc(Br)ccc1NCc1ccccc1OCc1ccc(Br)cc1. The molecule has 0 amide bonds. The Morgan fingerprint density at radius 2 is 1.60 bits per heavy atom. The van der Waals surface area contributed by atoms with Gasteiger partial charge in [-0.2, -0.15) is 0 Å².